The molecule has 2 aliphatic carbocycles. The molecule has 0 atom stereocenters. The molecule has 0 radical (unpaired) electrons. The third kappa shape index (κ3) is 13.0. The molecule has 0 unspecified atom stereocenters. The summed E-state index contributed by atoms with van der Waals surface area (Å²) < 4.78 is 11.2. The van der Waals surface area contributed by atoms with E-state index in [0.717, 1.165) is 36.4 Å². The maximum atomic E-state index is 5.67. The van der Waals surface area contributed by atoms with Gasteiger partial charge in [0.05, 0.1) is 13.2 Å². The lowest BCUT2D eigenvalue weighted by atomic mass is 9.78. The molecule has 2 heterocycles. The number of nitrogens with zero attached hydrogens (tertiary/aromatic N) is 2. The first-order chi connectivity index (χ1) is 26.1. The summed E-state index contributed by atoms with van der Waals surface area (Å²) in [6, 6.07) is 25.6. The maximum Gasteiger partial charge on any atom is 0.119 e. The minimum absolute atomic E-state index is 0.659. The van der Waals surface area contributed by atoms with Crippen LogP contribution in [0.2, 0.25) is 0 Å². The van der Waals surface area contributed by atoms with E-state index in [9.17, 15) is 0 Å². The van der Waals surface area contributed by atoms with E-state index < -0.39 is 0 Å². The number of benzene rings is 2. The van der Waals surface area contributed by atoms with Gasteiger partial charge in [0, 0.05) is 46.7 Å². The Morgan fingerprint density at radius 3 is 1.23 bits per heavy atom. The van der Waals surface area contributed by atoms with Gasteiger partial charge in [-0.15, -0.1) is 0 Å². The maximum absolute atomic E-state index is 5.67. The minimum atomic E-state index is 0.659. The van der Waals surface area contributed by atoms with Crippen molar-refractivity contribution in [3.8, 4) is 33.8 Å². The van der Waals surface area contributed by atoms with Gasteiger partial charge in [-0.1, -0.05) is 109 Å². The van der Waals surface area contributed by atoms with Gasteiger partial charge in [0.25, 0.3) is 0 Å². The van der Waals surface area contributed by atoms with Crippen molar-refractivity contribution >= 4 is 0 Å². The fourth-order valence-corrected chi connectivity index (χ4v) is 8.37. The summed E-state index contributed by atoms with van der Waals surface area (Å²) in [4.78, 5) is 9.63. The van der Waals surface area contributed by atoms with Gasteiger partial charge in [0.15, 0.2) is 0 Å². The van der Waals surface area contributed by atoms with Crippen molar-refractivity contribution in [1.29, 1.82) is 0 Å². The van der Waals surface area contributed by atoms with E-state index in [1.807, 2.05) is 31.5 Å². The van der Waals surface area contributed by atoms with Crippen molar-refractivity contribution in [2.45, 2.75) is 149 Å². The normalized spacial score (nSPS) is 19.9. The molecule has 4 aromatic rings. The Balaban J connectivity index is 0.000000204. The fraction of sp³-hybridized carbons (Fsp3) is 0.551. The molecular formula is C49H68N2O2. The van der Waals surface area contributed by atoms with Gasteiger partial charge in [0.2, 0.25) is 0 Å². The zero-order chi connectivity index (χ0) is 37.1. The predicted octanol–water partition coefficient (Wildman–Crippen LogP) is 14.4. The molecule has 2 aromatic heterocycles. The summed E-state index contributed by atoms with van der Waals surface area (Å²) in [5.74, 6) is 5.11. The molecule has 0 amide bonds. The van der Waals surface area contributed by atoms with Crippen molar-refractivity contribution in [2.24, 2.45) is 11.8 Å². The molecule has 0 aliphatic heterocycles. The molecule has 4 heteroatoms. The first-order valence-corrected chi connectivity index (χ1v) is 21.5. The number of hydrogen-bond acceptors (Lipinski definition) is 4. The van der Waals surface area contributed by atoms with Crippen LogP contribution in [-0.2, 0) is 0 Å². The monoisotopic (exact) mass is 717 g/mol. The number of rotatable bonds is 17. The van der Waals surface area contributed by atoms with E-state index in [1.54, 1.807) is 0 Å². The highest BCUT2D eigenvalue weighted by atomic mass is 16.5. The number of aromatic nitrogens is 2. The summed E-state index contributed by atoms with van der Waals surface area (Å²) in [6.45, 7) is 10.2. The molecule has 4 nitrogen and oxygen atoms in total. The number of ether oxygens (including phenoxy) is 2. The summed E-state index contributed by atoms with van der Waals surface area (Å²) in [6.07, 6.45) is 27.1. The third-order valence-electron chi connectivity index (χ3n) is 11.7. The lowest BCUT2D eigenvalue weighted by Gasteiger charge is -2.28. The largest absolute Gasteiger partial charge is 0.494 e. The molecule has 53 heavy (non-hydrogen) atoms. The van der Waals surface area contributed by atoms with Crippen LogP contribution in [0.4, 0.5) is 0 Å². The Labute approximate surface area is 322 Å². The van der Waals surface area contributed by atoms with Gasteiger partial charge >= 0.3 is 0 Å². The van der Waals surface area contributed by atoms with Gasteiger partial charge in [0.1, 0.15) is 11.5 Å². The minimum Gasteiger partial charge on any atom is -0.494 e. The molecule has 0 N–H and O–H groups in total. The summed E-state index contributed by atoms with van der Waals surface area (Å²) in [7, 11) is 0. The first-order valence-electron chi connectivity index (χ1n) is 21.5. The highest BCUT2D eigenvalue weighted by Gasteiger charge is 2.24. The van der Waals surface area contributed by atoms with Crippen LogP contribution in [0, 0.1) is 11.8 Å². The van der Waals surface area contributed by atoms with Crippen LogP contribution >= 0.6 is 0 Å². The number of unbranched alkanes of at least 4 members (excludes halogenated alkanes) is 4. The topological polar surface area (TPSA) is 44.2 Å². The van der Waals surface area contributed by atoms with Gasteiger partial charge < -0.3 is 9.47 Å². The van der Waals surface area contributed by atoms with Crippen molar-refractivity contribution in [2.75, 3.05) is 13.2 Å². The second kappa shape index (κ2) is 22.5. The quantitative estimate of drug-likeness (QED) is 0.102. The highest BCUT2D eigenvalue weighted by molar-refractivity contribution is 5.64. The highest BCUT2D eigenvalue weighted by Crippen LogP contribution is 2.39. The Morgan fingerprint density at radius 1 is 0.453 bits per heavy atom. The number of pyridine rings is 2. The van der Waals surface area contributed by atoms with E-state index in [-0.39, 0.29) is 0 Å². The molecule has 286 valence electrons. The molecule has 0 bridgehead atoms. The lowest BCUT2D eigenvalue weighted by Crippen LogP contribution is -2.14. The summed E-state index contributed by atoms with van der Waals surface area (Å²) in [5.41, 5.74) is 7.35. The average molecular weight is 717 g/mol. The lowest BCUT2D eigenvalue weighted by molar-refractivity contribution is 0.300. The SMILES string of the molecule is CCCCC[C@H]1CC[C@H](c2ccc(-c3ccc(OCC)cc3)cn2)CC1.CCCCC[C@H]1CC[C@H](c2ccc(-c3ccc(OCCC)cc3)cn2)CC1. The van der Waals surface area contributed by atoms with Gasteiger partial charge in [-0.2, -0.15) is 0 Å². The fourth-order valence-electron chi connectivity index (χ4n) is 8.37. The Bertz CT molecular complexity index is 1530. The molecule has 0 saturated heterocycles. The van der Waals surface area contributed by atoms with E-state index >= 15 is 0 Å². The molecule has 0 spiro atoms. The summed E-state index contributed by atoms with van der Waals surface area (Å²) >= 11 is 0. The van der Waals surface area contributed by atoms with Crippen LogP contribution in [0.5, 0.6) is 11.5 Å². The van der Waals surface area contributed by atoms with E-state index in [4.69, 9.17) is 19.4 Å². The average Bonchev–Trinajstić information content (AvgIpc) is 3.22. The number of hydrogen-bond donors (Lipinski definition) is 0. The second-order valence-corrected chi connectivity index (χ2v) is 15.7. The van der Waals surface area contributed by atoms with Gasteiger partial charge in [-0.05, 0) is 124 Å². The Kier molecular flexibility index (Phi) is 17.2. The molecule has 2 saturated carbocycles. The van der Waals surface area contributed by atoms with Crippen molar-refractivity contribution in [1.82, 2.24) is 9.97 Å². The van der Waals surface area contributed by atoms with Crippen LogP contribution in [-0.4, -0.2) is 23.2 Å². The molecule has 2 aliphatic rings. The molecule has 6 rings (SSSR count). The Morgan fingerprint density at radius 2 is 0.868 bits per heavy atom. The Hall–Kier alpha value is -3.66. The van der Waals surface area contributed by atoms with Crippen LogP contribution in [0.25, 0.3) is 22.3 Å². The third-order valence-corrected chi connectivity index (χ3v) is 11.7. The van der Waals surface area contributed by atoms with E-state index in [2.05, 4.69) is 81.4 Å². The molecule has 2 aromatic carbocycles. The molecular weight excluding hydrogens is 649 g/mol. The molecule has 2 fully saturated rings. The van der Waals surface area contributed by atoms with Gasteiger partial charge in [-0.25, -0.2) is 0 Å². The zero-order valence-electron chi connectivity index (χ0n) is 33.5. The van der Waals surface area contributed by atoms with E-state index in [1.165, 1.54) is 136 Å². The van der Waals surface area contributed by atoms with Crippen molar-refractivity contribution < 1.29 is 9.47 Å². The van der Waals surface area contributed by atoms with E-state index in [0.29, 0.717) is 18.4 Å². The first kappa shape index (κ1) is 40.5. The van der Waals surface area contributed by atoms with Crippen LogP contribution in [0.1, 0.15) is 160 Å². The van der Waals surface area contributed by atoms with Crippen molar-refractivity contribution in [3.63, 3.8) is 0 Å². The van der Waals surface area contributed by atoms with Crippen LogP contribution in [0.15, 0.2) is 85.2 Å². The smallest absolute Gasteiger partial charge is 0.119 e. The summed E-state index contributed by atoms with van der Waals surface area (Å²) in [5, 5.41) is 0. The van der Waals surface area contributed by atoms with Gasteiger partial charge in [-0.3, -0.25) is 9.97 Å². The predicted molar refractivity (Wildman–Crippen MR) is 224 cm³/mol. The second-order valence-electron chi connectivity index (χ2n) is 15.7. The van der Waals surface area contributed by atoms with Crippen LogP contribution < -0.4 is 9.47 Å². The standard InChI is InChI=1S/C25H35NO.C24H33NO/c1-3-5-6-7-20-8-10-22(11-9-20)25-17-14-23(19-26-25)21-12-15-24(16-13-21)27-18-4-2;1-3-5-6-7-19-8-10-21(11-9-19)24-17-14-22(18-25-24)20-12-15-23(16-13-20)26-4-2/h12-17,19-20,22H,3-11,18H2,1-2H3;12-19,21H,3-11H2,1-2H3/t20-,22-;19-,21-. The van der Waals surface area contributed by atoms with Crippen LogP contribution in [0.3, 0.4) is 0 Å². The zero-order valence-corrected chi connectivity index (χ0v) is 33.5. The van der Waals surface area contributed by atoms with Crippen molar-refractivity contribution in [3.05, 3.63) is 96.6 Å².